The summed E-state index contributed by atoms with van der Waals surface area (Å²) in [6, 6.07) is 0. The Hall–Kier alpha value is -0.120. The smallest absolute Gasteiger partial charge is 0.108 e. The lowest BCUT2D eigenvalue weighted by Crippen LogP contribution is -2.05. The van der Waals surface area contributed by atoms with Crippen LogP contribution in [-0.4, -0.2) is 21.4 Å². The van der Waals surface area contributed by atoms with Crippen molar-refractivity contribution in [1.29, 1.82) is 0 Å². The van der Waals surface area contributed by atoms with Gasteiger partial charge in [-0.15, -0.1) is 0 Å². The highest BCUT2D eigenvalue weighted by atomic mass is 16.3. The molecule has 2 radical (unpaired) electrons. The summed E-state index contributed by atoms with van der Waals surface area (Å²) in [5.41, 5.74) is 0. The van der Waals surface area contributed by atoms with Gasteiger partial charge in [-0.3, -0.25) is 0 Å². The summed E-state index contributed by atoms with van der Waals surface area (Å²) in [5, 5.41) is 24.3. The summed E-state index contributed by atoms with van der Waals surface area (Å²) in [4.78, 5) is 0. The SMILES string of the molecule is O[CH]CC(O)[CH]O. The topological polar surface area (TPSA) is 60.7 Å². The standard InChI is InChI=1S/C4H8O3/c5-2-1-4(7)3-6/h2-7H,1H2. The molecule has 3 nitrogen and oxygen atoms in total. The van der Waals surface area contributed by atoms with E-state index in [0.29, 0.717) is 6.61 Å². The van der Waals surface area contributed by atoms with Crippen LogP contribution in [0.3, 0.4) is 0 Å². The molecular formula is C4H8O3. The van der Waals surface area contributed by atoms with Crippen LogP contribution in [0.1, 0.15) is 6.42 Å². The van der Waals surface area contributed by atoms with Gasteiger partial charge in [-0.2, -0.15) is 0 Å². The highest BCUT2D eigenvalue weighted by Crippen LogP contribution is 1.92. The molecule has 0 aromatic rings. The van der Waals surface area contributed by atoms with Gasteiger partial charge in [-0.1, -0.05) is 0 Å². The normalized spacial score (nSPS) is 14.1. The van der Waals surface area contributed by atoms with Crippen LogP contribution in [0, 0.1) is 13.2 Å². The maximum atomic E-state index is 8.36. The van der Waals surface area contributed by atoms with E-state index in [1.54, 1.807) is 0 Å². The fraction of sp³-hybridized carbons (Fsp3) is 0.500. The Labute approximate surface area is 42.2 Å². The maximum Gasteiger partial charge on any atom is 0.108 e. The van der Waals surface area contributed by atoms with Gasteiger partial charge in [0.15, 0.2) is 0 Å². The first-order chi connectivity index (χ1) is 3.31. The van der Waals surface area contributed by atoms with Crippen LogP contribution in [0.2, 0.25) is 0 Å². The van der Waals surface area contributed by atoms with Crippen LogP contribution >= 0.6 is 0 Å². The molecule has 0 rings (SSSR count). The summed E-state index contributed by atoms with van der Waals surface area (Å²) in [7, 11) is 0. The summed E-state index contributed by atoms with van der Waals surface area (Å²) in [6.07, 6.45) is -0.846. The van der Waals surface area contributed by atoms with Gasteiger partial charge in [0, 0.05) is 6.42 Å². The van der Waals surface area contributed by atoms with E-state index < -0.39 is 6.10 Å². The van der Waals surface area contributed by atoms with Gasteiger partial charge in [0.05, 0.1) is 12.7 Å². The van der Waals surface area contributed by atoms with E-state index in [1.807, 2.05) is 0 Å². The van der Waals surface area contributed by atoms with E-state index in [0.717, 1.165) is 6.61 Å². The fourth-order valence-electron chi connectivity index (χ4n) is 0.169. The van der Waals surface area contributed by atoms with Crippen LogP contribution < -0.4 is 0 Å². The third-order valence-electron chi connectivity index (χ3n) is 0.519. The molecule has 0 saturated heterocycles. The second-order valence-electron chi connectivity index (χ2n) is 1.13. The second-order valence-corrected chi connectivity index (χ2v) is 1.13. The predicted octanol–water partition coefficient (Wildman–Crippen LogP) is -0.194. The minimum atomic E-state index is -0.926. The zero-order chi connectivity index (χ0) is 5.70. The molecule has 3 N–H and O–H groups in total. The van der Waals surface area contributed by atoms with Crippen molar-refractivity contribution in [3.05, 3.63) is 13.2 Å². The van der Waals surface area contributed by atoms with Crippen molar-refractivity contribution in [3.63, 3.8) is 0 Å². The third-order valence-corrected chi connectivity index (χ3v) is 0.519. The Morgan fingerprint density at radius 2 is 2.00 bits per heavy atom. The number of hydrogen-bond donors (Lipinski definition) is 3. The molecule has 1 unspecified atom stereocenters. The molecule has 0 saturated carbocycles. The van der Waals surface area contributed by atoms with E-state index in [-0.39, 0.29) is 6.42 Å². The Kier molecular flexibility index (Phi) is 3.98. The molecule has 7 heavy (non-hydrogen) atoms. The van der Waals surface area contributed by atoms with E-state index in [4.69, 9.17) is 15.3 Å². The third kappa shape index (κ3) is 3.72. The Balaban J connectivity index is 2.83. The van der Waals surface area contributed by atoms with Crippen LogP contribution in [0.25, 0.3) is 0 Å². The quantitative estimate of drug-likeness (QED) is 0.465. The highest BCUT2D eigenvalue weighted by molar-refractivity contribution is 4.65. The van der Waals surface area contributed by atoms with Crippen molar-refractivity contribution in [2.24, 2.45) is 0 Å². The molecule has 0 spiro atoms. The monoisotopic (exact) mass is 104 g/mol. The molecule has 42 valence electrons. The summed E-state index contributed by atoms with van der Waals surface area (Å²) < 4.78 is 0. The van der Waals surface area contributed by atoms with Gasteiger partial charge in [0.1, 0.15) is 6.61 Å². The molecule has 0 fully saturated rings. The molecule has 0 aliphatic carbocycles. The van der Waals surface area contributed by atoms with Gasteiger partial charge >= 0.3 is 0 Å². The molecule has 0 heterocycles. The Morgan fingerprint density at radius 3 is 2.14 bits per heavy atom. The molecule has 0 bridgehead atoms. The van der Waals surface area contributed by atoms with Gasteiger partial charge in [-0.25, -0.2) is 0 Å². The van der Waals surface area contributed by atoms with Gasteiger partial charge in [-0.05, 0) is 0 Å². The molecule has 0 amide bonds. The molecule has 0 aliphatic rings. The molecule has 0 aliphatic heterocycles. The first kappa shape index (κ1) is 6.88. The highest BCUT2D eigenvalue weighted by Gasteiger charge is 1.98. The fourth-order valence-corrected chi connectivity index (χ4v) is 0.169. The minimum Gasteiger partial charge on any atom is -0.390 e. The average Bonchev–Trinajstić information content (AvgIpc) is 1.68. The Morgan fingerprint density at radius 1 is 1.43 bits per heavy atom. The zero-order valence-corrected chi connectivity index (χ0v) is 3.78. The second kappa shape index (κ2) is 4.05. The van der Waals surface area contributed by atoms with E-state index in [1.165, 1.54) is 0 Å². The molecule has 1 atom stereocenters. The van der Waals surface area contributed by atoms with Crippen molar-refractivity contribution in [1.82, 2.24) is 0 Å². The lowest BCUT2D eigenvalue weighted by atomic mass is 10.3. The van der Waals surface area contributed by atoms with E-state index >= 15 is 0 Å². The molecule has 3 heteroatoms. The van der Waals surface area contributed by atoms with E-state index in [9.17, 15) is 0 Å². The van der Waals surface area contributed by atoms with Gasteiger partial charge < -0.3 is 15.3 Å². The zero-order valence-electron chi connectivity index (χ0n) is 3.78. The average molecular weight is 104 g/mol. The largest absolute Gasteiger partial charge is 0.390 e. The summed E-state index contributed by atoms with van der Waals surface area (Å²) >= 11 is 0. The Bertz CT molecular complexity index is 37.9. The number of rotatable bonds is 3. The number of aliphatic hydroxyl groups excluding tert-OH is 3. The van der Waals surface area contributed by atoms with Crippen molar-refractivity contribution in [3.8, 4) is 0 Å². The lowest BCUT2D eigenvalue weighted by Gasteiger charge is -1.99. The maximum absolute atomic E-state index is 8.36. The van der Waals surface area contributed by atoms with Crippen molar-refractivity contribution >= 4 is 0 Å². The molecular weight excluding hydrogens is 96.0 g/mol. The first-order valence-corrected chi connectivity index (χ1v) is 1.92. The van der Waals surface area contributed by atoms with E-state index in [2.05, 4.69) is 0 Å². The van der Waals surface area contributed by atoms with Crippen molar-refractivity contribution in [2.75, 3.05) is 0 Å². The van der Waals surface area contributed by atoms with Crippen molar-refractivity contribution < 1.29 is 15.3 Å². The van der Waals surface area contributed by atoms with Crippen LogP contribution in [0.5, 0.6) is 0 Å². The lowest BCUT2D eigenvalue weighted by molar-refractivity contribution is 0.130. The van der Waals surface area contributed by atoms with Gasteiger partial charge in [0.25, 0.3) is 0 Å². The van der Waals surface area contributed by atoms with Crippen LogP contribution in [0.4, 0.5) is 0 Å². The van der Waals surface area contributed by atoms with Crippen LogP contribution in [-0.2, 0) is 0 Å². The van der Waals surface area contributed by atoms with Gasteiger partial charge in [0.2, 0.25) is 0 Å². The number of hydrogen-bond acceptors (Lipinski definition) is 3. The molecule has 0 aromatic carbocycles. The number of aliphatic hydroxyl groups is 3. The molecule has 0 aromatic heterocycles. The van der Waals surface area contributed by atoms with Crippen LogP contribution in [0.15, 0.2) is 0 Å². The first-order valence-electron chi connectivity index (χ1n) is 1.92. The predicted molar refractivity (Wildman–Crippen MR) is 23.1 cm³/mol. The minimum absolute atomic E-state index is 0.0799. The summed E-state index contributed by atoms with van der Waals surface area (Å²) in [6.45, 7) is 1.41. The van der Waals surface area contributed by atoms with Crippen molar-refractivity contribution in [2.45, 2.75) is 12.5 Å². The summed E-state index contributed by atoms with van der Waals surface area (Å²) in [5.74, 6) is 0.